The lowest BCUT2D eigenvalue weighted by Gasteiger charge is -2.15. The van der Waals surface area contributed by atoms with Crippen molar-refractivity contribution in [2.24, 2.45) is 0 Å². The first-order valence-electron chi connectivity index (χ1n) is 5.67. The van der Waals surface area contributed by atoms with Crippen LogP contribution in [0.25, 0.3) is 11.1 Å². The average molecular weight is 366 g/mol. The Morgan fingerprint density at radius 2 is 1.57 bits per heavy atom. The van der Waals surface area contributed by atoms with Gasteiger partial charge in [0, 0.05) is 16.1 Å². The lowest BCUT2D eigenvalue weighted by Crippen LogP contribution is -2.11. The van der Waals surface area contributed by atoms with Gasteiger partial charge in [0.2, 0.25) is 0 Å². The number of hydrogen-bond donors (Lipinski definition) is 2. The highest BCUT2D eigenvalue weighted by Crippen LogP contribution is 2.41. The standard InChI is InChI=1S/C14H8Cl4O3/c15-6-1-2-7(9(5-6)13(19)14(20)21)8-3-4-10(16)12(18)11(8)17/h1-5,13,19H,(H,20,21). The van der Waals surface area contributed by atoms with Gasteiger partial charge >= 0.3 is 5.97 Å². The minimum atomic E-state index is -1.73. The average Bonchev–Trinajstić information content (AvgIpc) is 2.44. The van der Waals surface area contributed by atoms with E-state index in [1.807, 2.05) is 0 Å². The number of aliphatic hydroxyl groups excluding tert-OH is 1. The van der Waals surface area contributed by atoms with Gasteiger partial charge in [0.1, 0.15) is 0 Å². The van der Waals surface area contributed by atoms with Gasteiger partial charge in [-0.25, -0.2) is 4.79 Å². The van der Waals surface area contributed by atoms with Crippen LogP contribution in [0.4, 0.5) is 0 Å². The maximum Gasteiger partial charge on any atom is 0.337 e. The zero-order valence-corrected chi connectivity index (χ0v) is 13.3. The first kappa shape index (κ1) is 16.4. The number of carboxylic acid groups (broad SMARTS) is 1. The lowest BCUT2D eigenvalue weighted by atomic mass is 9.96. The smallest absolute Gasteiger partial charge is 0.337 e. The van der Waals surface area contributed by atoms with E-state index < -0.39 is 12.1 Å². The molecule has 2 aromatic rings. The van der Waals surface area contributed by atoms with E-state index in [4.69, 9.17) is 51.5 Å². The highest BCUT2D eigenvalue weighted by Gasteiger charge is 2.22. The number of aliphatic hydroxyl groups is 1. The minimum absolute atomic E-state index is 0.121. The molecule has 21 heavy (non-hydrogen) atoms. The predicted molar refractivity (Wildman–Crippen MR) is 84.5 cm³/mol. The Bertz CT molecular complexity index is 716. The second kappa shape index (κ2) is 6.42. The second-order valence-electron chi connectivity index (χ2n) is 4.20. The van der Waals surface area contributed by atoms with Crippen LogP contribution in [-0.2, 0) is 4.79 Å². The Labute approximate surface area is 140 Å². The van der Waals surface area contributed by atoms with Crippen molar-refractivity contribution in [3.05, 3.63) is 56.0 Å². The molecule has 0 radical (unpaired) electrons. The summed E-state index contributed by atoms with van der Waals surface area (Å²) in [5.41, 5.74) is 0.992. The highest BCUT2D eigenvalue weighted by molar-refractivity contribution is 6.49. The Balaban J connectivity index is 2.70. The molecular formula is C14H8Cl4O3. The number of carboxylic acids is 1. The molecule has 0 aliphatic heterocycles. The van der Waals surface area contributed by atoms with Crippen LogP contribution in [0.15, 0.2) is 30.3 Å². The third kappa shape index (κ3) is 3.28. The summed E-state index contributed by atoms with van der Waals surface area (Å²) in [5.74, 6) is -1.39. The third-order valence-electron chi connectivity index (χ3n) is 2.87. The minimum Gasteiger partial charge on any atom is -0.479 e. The summed E-state index contributed by atoms with van der Waals surface area (Å²) in [6.07, 6.45) is -1.73. The molecule has 0 saturated carbocycles. The summed E-state index contributed by atoms with van der Waals surface area (Å²) < 4.78 is 0. The van der Waals surface area contributed by atoms with Crippen LogP contribution < -0.4 is 0 Å². The van der Waals surface area contributed by atoms with Crippen molar-refractivity contribution in [1.29, 1.82) is 0 Å². The molecule has 1 atom stereocenters. The molecule has 0 fully saturated rings. The monoisotopic (exact) mass is 364 g/mol. The third-order valence-corrected chi connectivity index (χ3v) is 4.40. The Morgan fingerprint density at radius 1 is 0.952 bits per heavy atom. The molecule has 0 aliphatic carbocycles. The molecule has 0 bridgehead atoms. The van der Waals surface area contributed by atoms with Crippen molar-refractivity contribution in [2.75, 3.05) is 0 Å². The number of aliphatic carboxylic acids is 1. The van der Waals surface area contributed by atoms with Gasteiger partial charge in [0.25, 0.3) is 0 Å². The van der Waals surface area contributed by atoms with Crippen LogP contribution in [0.1, 0.15) is 11.7 Å². The number of carbonyl (C=O) groups is 1. The Kier molecular flexibility index (Phi) is 5.02. The van der Waals surface area contributed by atoms with E-state index in [0.717, 1.165) is 0 Å². The molecule has 3 nitrogen and oxygen atoms in total. The van der Waals surface area contributed by atoms with Gasteiger partial charge in [-0.2, -0.15) is 0 Å². The maximum atomic E-state index is 11.0. The van der Waals surface area contributed by atoms with Gasteiger partial charge in [-0.3, -0.25) is 0 Å². The van der Waals surface area contributed by atoms with Crippen molar-refractivity contribution in [3.63, 3.8) is 0 Å². The summed E-state index contributed by atoms with van der Waals surface area (Å²) in [7, 11) is 0. The summed E-state index contributed by atoms with van der Waals surface area (Å²) in [6, 6.07) is 7.63. The molecule has 0 saturated heterocycles. The van der Waals surface area contributed by atoms with Crippen LogP contribution in [0.5, 0.6) is 0 Å². The fourth-order valence-electron chi connectivity index (χ4n) is 1.87. The van der Waals surface area contributed by atoms with Crippen LogP contribution in [0.2, 0.25) is 20.1 Å². The van der Waals surface area contributed by atoms with Gasteiger partial charge < -0.3 is 10.2 Å². The molecular weight excluding hydrogens is 358 g/mol. The predicted octanol–water partition coefficient (Wildman–Crippen LogP) is 5.09. The fourth-order valence-corrected chi connectivity index (χ4v) is 2.69. The Morgan fingerprint density at radius 3 is 2.19 bits per heavy atom. The molecule has 1 unspecified atom stereocenters. The number of benzene rings is 2. The number of hydrogen-bond acceptors (Lipinski definition) is 2. The number of rotatable bonds is 3. The van der Waals surface area contributed by atoms with Crippen molar-refractivity contribution in [1.82, 2.24) is 0 Å². The van der Waals surface area contributed by atoms with Gasteiger partial charge in [0.15, 0.2) is 6.10 Å². The molecule has 0 aliphatic rings. The lowest BCUT2D eigenvalue weighted by molar-refractivity contribution is -0.146. The van der Waals surface area contributed by atoms with E-state index in [9.17, 15) is 9.90 Å². The quantitative estimate of drug-likeness (QED) is 0.745. The summed E-state index contributed by atoms with van der Waals surface area (Å²) in [6.45, 7) is 0. The molecule has 2 N–H and O–H groups in total. The fraction of sp³-hybridized carbons (Fsp3) is 0.0714. The topological polar surface area (TPSA) is 57.5 Å². The Hall–Kier alpha value is -0.970. The maximum absolute atomic E-state index is 11.0. The van der Waals surface area contributed by atoms with Crippen LogP contribution in [-0.4, -0.2) is 16.2 Å². The van der Waals surface area contributed by atoms with Gasteiger partial charge in [0.05, 0.1) is 15.1 Å². The van der Waals surface area contributed by atoms with E-state index >= 15 is 0 Å². The second-order valence-corrected chi connectivity index (χ2v) is 5.79. The SMILES string of the molecule is O=C(O)C(O)c1cc(Cl)ccc1-c1ccc(Cl)c(Cl)c1Cl. The molecule has 110 valence electrons. The van der Waals surface area contributed by atoms with E-state index in [-0.39, 0.29) is 20.6 Å². The summed E-state index contributed by atoms with van der Waals surface area (Å²) in [4.78, 5) is 11.0. The van der Waals surface area contributed by atoms with Crippen LogP contribution in [0.3, 0.4) is 0 Å². The van der Waals surface area contributed by atoms with E-state index in [1.165, 1.54) is 12.1 Å². The zero-order chi connectivity index (χ0) is 15.7. The largest absolute Gasteiger partial charge is 0.479 e. The van der Waals surface area contributed by atoms with Gasteiger partial charge in [-0.05, 0) is 23.8 Å². The van der Waals surface area contributed by atoms with E-state index in [0.29, 0.717) is 16.1 Å². The first-order chi connectivity index (χ1) is 9.82. The molecule has 7 heteroatoms. The van der Waals surface area contributed by atoms with E-state index in [1.54, 1.807) is 18.2 Å². The normalized spacial score (nSPS) is 12.2. The van der Waals surface area contributed by atoms with Gasteiger partial charge in [-0.1, -0.05) is 58.5 Å². The highest BCUT2D eigenvalue weighted by atomic mass is 35.5. The van der Waals surface area contributed by atoms with Crippen LogP contribution in [0, 0.1) is 0 Å². The summed E-state index contributed by atoms with van der Waals surface area (Å²) in [5, 5.41) is 19.7. The molecule has 0 aromatic heterocycles. The molecule has 0 amide bonds. The molecule has 0 heterocycles. The van der Waals surface area contributed by atoms with Crippen molar-refractivity contribution < 1.29 is 15.0 Å². The van der Waals surface area contributed by atoms with Crippen molar-refractivity contribution in [3.8, 4) is 11.1 Å². The number of halogens is 4. The van der Waals surface area contributed by atoms with E-state index in [2.05, 4.69) is 0 Å². The van der Waals surface area contributed by atoms with Crippen molar-refractivity contribution in [2.45, 2.75) is 6.10 Å². The zero-order valence-electron chi connectivity index (χ0n) is 10.3. The first-order valence-corrected chi connectivity index (χ1v) is 7.18. The van der Waals surface area contributed by atoms with Crippen LogP contribution >= 0.6 is 46.4 Å². The molecule has 2 aromatic carbocycles. The van der Waals surface area contributed by atoms with Crippen molar-refractivity contribution >= 4 is 52.4 Å². The molecule has 0 spiro atoms. The van der Waals surface area contributed by atoms with Gasteiger partial charge in [-0.15, -0.1) is 0 Å². The summed E-state index contributed by atoms with van der Waals surface area (Å²) >= 11 is 23.9. The molecule has 2 rings (SSSR count).